The first-order chi connectivity index (χ1) is 4.70. The van der Waals surface area contributed by atoms with Crippen LogP contribution in [0.2, 0.25) is 0 Å². The Morgan fingerprint density at radius 2 is 2.10 bits per heavy atom. The first kappa shape index (κ1) is 8.06. The molecule has 10 heavy (non-hydrogen) atoms. The maximum absolute atomic E-state index is 5.46. The van der Waals surface area contributed by atoms with Crippen molar-refractivity contribution in [2.45, 2.75) is 39.7 Å². The van der Waals surface area contributed by atoms with Crippen molar-refractivity contribution < 1.29 is 4.74 Å². The lowest BCUT2D eigenvalue weighted by Gasteiger charge is -2.29. The Hall–Kier alpha value is -0.0400. The van der Waals surface area contributed by atoms with E-state index >= 15 is 0 Å². The van der Waals surface area contributed by atoms with Gasteiger partial charge in [0, 0.05) is 6.61 Å². The topological polar surface area (TPSA) is 9.23 Å². The molecule has 0 aromatic carbocycles. The predicted molar refractivity (Wildman–Crippen MR) is 43.0 cm³/mol. The van der Waals surface area contributed by atoms with Crippen LogP contribution in [-0.4, -0.2) is 12.7 Å². The maximum Gasteiger partial charge on any atom is 0.0549 e. The Labute approximate surface area is 63.8 Å². The molecule has 2 atom stereocenters. The zero-order chi connectivity index (χ0) is 7.56. The molecule has 0 spiro atoms. The molecule has 1 heteroatoms. The highest BCUT2D eigenvalue weighted by Crippen LogP contribution is 2.26. The van der Waals surface area contributed by atoms with Crippen LogP contribution >= 0.6 is 0 Å². The molecule has 0 aliphatic carbocycles. The molecule has 1 aliphatic rings. The van der Waals surface area contributed by atoms with E-state index in [1.54, 1.807) is 0 Å². The second kappa shape index (κ2) is 3.38. The molecule has 0 N–H and O–H groups in total. The summed E-state index contributed by atoms with van der Waals surface area (Å²) < 4.78 is 5.46. The monoisotopic (exact) mass is 142 g/mol. The van der Waals surface area contributed by atoms with Gasteiger partial charge in [0.1, 0.15) is 0 Å². The van der Waals surface area contributed by atoms with Crippen LogP contribution in [0.3, 0.4) is 0 Å². The molecule has 1 rings (SSSR count). The van der Waals surface area contributed by atoms with Gasteiger partial charge in [0.15, 0.2) is 0 Å². The van der Waals surface area contributed by atoms with Gasteiger partial charge in [-0.05, 0) is 31.6 Å². The zero-order valence-electron chi connectivity index (χ0n) is 7.26. The standard InChI is InChI=1S/C9H18O/c1-7(2)9-4-5-10-8(3)6-9/h7-9H,4-6H2,1-3H3/t8-,9?/m0/s1. The van der Waals surface area contributed by atoms with E-state index in [0.29, 0.717) is 6.10 Å². The fraction of sp³-hybridized carbons (Fsp3) is 1.00. The van der Waals surface area contributed by atoms with Gasteiger partial charge in [0.2, 0.25) is 0 Å². The van der Waals surface area contributed by atoms with Crippen molar-refractivity contribution in [3.8, 4) is 0 Å². The SMILES string of the molecule is CC(C)C1CCO[C@@H](C)C1. The van der Waals surface area contributed by atoms with E-state index in [1.165, 1.54) is 12.8 Å². The van der Waals surface area contributed by atoms with Crippen LogP contribution in [-0.2, 0) is 4.74 Å². The minimum absolute atomic E-state index is 0.501. The molecule has 1 aliphatic heterocycles. The van der Waals surface area contributed by atoms with Crippen molar-refractivity contribution in [3.05, 3.63) is 0 Å². The van der Waals surface area contributed by atoms with E-state index in [1.807, 2.05) is 0 Å². The van der Waals surface area contributed by atoms with Crippen LogP contribution in [0.15, 0.2) is 0 Å². The molecule has 1 saturated heterocycles. The minimum Gasteiger partial charge on any atom is -0.378 e. The van der Waals surface area contributed by atoms with Gasteiger partial charge >= 0.3 is 0 Å². The van der Waals surface area contributed by atoms with Crippen LogP contribution in [0, 0.1) is 11.8 Å². The highest BCUT2D eigenvalue weighted by atomic mass is 16.5. The first-order valence-corrected chi connectivity index (χ1v) is 4.31. The second-order valence-corrected chi connectivity index (χ2v) is 3.71. The third kappa shape index (κ3) is 1.98. The van der Waals surface area contributed by atoms with Gasteiger partial charge in [-0.2, -0.15) is 0 Å². The Morgan fingerprint density at radius 3 is 2.50 bits per heavy atom. The Balaban J connectivity index is 2.32. The Morgan fingerprint density at radius 1 is 1.40 bits per heavy atom. The lowest BCUT2D eigenvalue weighted by Crippen LogP contribution is -2.25. The summed E-state index contributed by atoms with van der Waals surface area (Å²) in [7, 11) is 0. The van der Waals surface area contributed by atoms with Crippen LogP contribution in [0.4, 0.5) is 0 Å². The smallest absolute Gasteiger partial charge is 0.0549 e. The van der Waals surface area contributed by atoms with Crippen LogP contribution in [0.1, 0.15) is 33.6 Å². The quantitative estimate of drug-likeness (QED) is 0.546. The average Bonchev–Trinajstić information content (AvgIpc) is 1.88. The van der Waals surface area contributed by atoms with Gasteiger partial charge < -0.3 is 4.74 Å². The fourth-order valence-corrected chi connectivity index (χ4v) is 1.64. The van der Waals surface area contributed by atoms with E-state index in [0.717, 1.165) is 18.4 Å². The molecule has 1 unspecified atom stereocenters. The summed E-state index contributed by atoms with van der Waals surface area (Å²) in [6, 6.07) is 0. The highest BCUT2D eigenvalue weighted by Gasteiger charge is 2.21. The minimum atomic E-state index is 0.501. The molecule has 0 saturated carbocycles. The molecular formula is C9H18O. The largest absolute Gasteiger partial charge is 0.378 e. The number of rotatable bonds is 1. The van der Waals surface area contributed by atoms with E-state index in [2.05, 4.69) is 20.8 Å². The third-order valence-electron chi connectivity index (χ3n) is 2.47. The molecule has 0 radical (unpaired) electrons. The number of ether oxygens (including phenoxy) is 1. The molecular weight excluding hydrogens is 124 g/mol. The third-order valence-corrected chi connectivity index (χ3v) is 2.47. The highest BCUT2D eigenvalue weighted by molar-refractivity contribution is 4.70. The lowest BCUT2D eigenvalue weighted by atomic mass is 9.86. The van der Waals surface area contributed by atoms with Gasteiger partial charge in [-0.25, -0.2) is 0 Å². The van der Waals surface area contributed by atoms with Crippen LogP contribution in [0.25, 0.3) is 0 Å². The second-order valence-electron chi connectivity index (χ2n) is 3.71. The Kier molecular flexibility index (Phi) is 2.72. The van der Waals surface area contributed by atoms with Gasteiger partial charge in [0.25, 0.3) is 0 Å². The average molecular weight is 142 g/mol. The van der Waals surface area contributed by atoms with E-state index in [9.17, 15) is 0 Å². The molecule has 0 bridgehead atoms. The first-order valence-electron chi connectivity index (χ1n) is 4.31. The summed E-state index contributed by atoms with van der Waals surface area (Å²) in [6.07, 6.45) is 3.03. The summed E-state index contributed by atoms with van der Waals surface area (Å²) in [5.74, 6) is 1.75. The normalized spacial score (nSPS) is 34.8. The van der Waals surface area contributed by atoms with Crippen molar-refractivity contribution >= 4 is 0 Å². The molecule has 60 valence electrons. The molecule has 0 aromatic rings. The number of hydrogen-bond donors (Lipinski definition) is 0. The van der Waals surface area contributed by atoms with Gasteiger partial charge in [-0.3, -0.25) is 0 Å². The van der Waals surface area contributed by atoms with E-state index < -0.39 is 0 Å². The molecule has 0 amide bonds. The van der Waals surface area contributed by atoms with Crippen molar-refractivity contribution in [2.75, 3.05) is 6.61 Å². The number of hydrogen-bond acceptors (Lipinski definition) is 1. The lowest BCUT2D eigenvalue weighted by molar-refractivity contribution is -0.00795. The van der Waals surface area contributed by atoms with Crippen molar-refractivity contribution in [2.24, 2.45) is 11.8 Å². The van der Waals surface area contributed by atoms with E-state index in [4.69, 9.17) is 4.74 Å². The van der Waals surface area contributed by atoms with Crippen molar-refractivity contribution in [1.29, 1.82) is 0 Å². The van der Waals surface area contributed by atoms with Gasteiger partial charge in [-0.1, -0.05) is 13.8 Å². The van der Waals surface area contributed by atoms with Gasteiger partial charge in [0.05, 0.1) is 6.10 Å². The van der Waals surface area contributed by atoms with Crippen LogP contribution in [0.5, 0.6) is 0 Å². The van der Waals surface area contributed by atoms with Crippen molar-refractivity contribution in [1.82, 2.24) is 0 Å². The van der Waals surface area contributed by atoms with Gasteiger partial charge in [-0.15, -0.1) is 0 Å². The summed E-state index contributed by atoms with van der Waals surface area (Å²) >= 11 is 0. The predicted octanol–water partition coefficient (Wildman–Crippen LogP) is 2.46. The molecule has 1 heterocycles. The molecule has 1 nitrogen and oxygen atoms in total. The van der Waals surface area contributed by atoms with Crippen LogP contribution < -0.4 is 0 Å². The molecule has 1 fully saturated rings. The summed E-state index contributed by atoms with van der Waals surface area (Å²) in [5.41, 5.74) is 0. The Bertz CT molecular complexity index is 98.9. The van der Waals surface area contributed by atoms with E-state index in [-0.39, 0.29) is 0 Å². The van der Waals surface area contributed by atoms with Crippen molar-refractivity contribution in [3.63, 3.8) is 0 Å². The summed E-state index contributed by atoms with van der Waals surface area (Å²) in [6.45, 7) is 7.77. The summed E-state index contributed by atoms with van der Waals surface area (Å²) in [4.78, 5) is 0. The maximum atomic E-state index is 5.46. The molecule has 0 aromatic heterocycles. The fourth-order valence-electron chi connectivity index (χ4n) is 1.64. The summed E-state index contributed by atoms with van der Waals surface area (Å²) in [5, 5.41) is 0. The zero-order valence-corrected chi connectivity index (χ0v) is 7.26.